The van der Waals surface area contributed by atoms with Crippen LogP contribution in [-0.4, -0.2) is 49.0 Å². The van der Waals surface area contributed by atoms with Gasteiger partial charge < -0.3 is 14.7 Å². The van der Waals surface area contributed by atoms with E-state index >= 15 is 0 Å². The van der Waals surface area contributed by atoms with Crippen LogP contribution in [0.1, 0.15) is 29.6 Å². The minimum absolute atomic E-state index is 0.00223. The van der Waals surface area contributed by atoms with Crippen LogP contribution in [0, 0.1) is 0 Å². The SMILES string of the molecule is CN1C(=O)c2cccnc2N(CCCN2CCCC2)c2ccccc21. The van der Waals surface area contributed by atoms with Gasteiger partial charge >= 0.3 is 0 Å². The zero-order valence-corrected chi connectivity index (χ0v) is 14.7. The fourth-order valence-electron chi connectivity index (χ4n) is 3.84. The number of amides is 1. The van der Waals surface area contributed by atoms with Crippen LogP contribution >= 0.6 is 0 Å². The molecular weight excluding hydrogens is 312 g/mol. The van der Waals surface area contributed by atoms with E-state index in [0.717, 1.165) is 36.7 Å². The van der Waals surface area contributed by atoms with Crippen molar-refractivity contribution < 1.29 is 4.79 Å². The molecule has 5 heteroatoms. The van der Waals surface area contributed by atoms with E-state index in [-0.39, 0.29) is 5.91 Å². The molecule has 1 aromatic heterocycles. The number of hydrogen-bond donors (Lipinski definition) is 0. The summed E-state index contributed by atoms with van der Waals surface area (Å²) in [5.41, 5.74) is 2.66. The minimum Gasteiger partial charge on any atom is -0.324 e. The van der Waals surface area contributed by atoms with Gasteiger partial charge in [-0.25, -0.2) is 4.98 Å². The Morgan fingerprint density at radius 3 is 2.56 bits per heavy atom. The molecule has 2 aromatic rings. The largest absolute Gasteiger partial charge is 0.324 e. The Kier molecular flexibility index (Phi) is 4.40. The van der Waals surface area contributed by atoms with Gasteiger partial charge in [0, 0.05) is 19.8 Å². The van der Waals surface area contributed by atoms with Crippen molar-refractivity contribution in [1.82, 2.24) is 9.88 Å². The highest BCUT2D eigenvalue weighted by molar-refractivity contribution is 6.12. The fraction of sp³-hybridized carbons (Fsp3) is 0.400. The van der Waals surface area contributed by atoms with Crippen LogP contribution in [0.3, 0.4) is 0 Å². The second-order valence-corrected chi connectivity index (χ2v) is 6.78. The number of benzene rings is 1. The molecule has 0 atom stereocenters. The lowest BCUT2D eigenvalue weighted by atomic mass is 10.2. The van der Waals surface area contributed by atoms with Crippen LogP contribution in [0.2, 0.25) is 0 Å². The van der Waals surface area contributed by atoms with Gasteiger partial charge in [-0.2, -0.15) is 0 Å². The number of pyridine rings is 1. The molecule has 0 radical (unpaired) electrons. The van der Waals surface area contributed by atoms with Crippen LogP contribution < -0.4 is 9.80 Å². The Labute approximate surface area is 148 Å². The number of carbonyl (C=O) groups excluding carboxylic acids is 1. The van der Waals surface area contributed by atoms with Gasteiger partial charge in [0.1, 0.15) is 5.82 Å². The average Bonchev–Trinajstić information content (AvgIpc) is 3.15. The molecule has 1 aromatic carbocycles. The Bertz CT molecular complexity index is 770. The second-order valence-electron chi connectivity index (χ2n) is 6.78. The molecule has 2 aliphatic rings. The molecule has 3 heterocycles. The summed E-state index contributed by atoms with van der Waals surface area (Å²) in [6.45, 7) is 4.39. The van der Waals surface area contributed by atoms with Crippen LogP contribution in [0.25, 0.3) is 0 Å². The first-order valence-corrected chi connectivity index (χ1v) is 9.08. The van der Waals surface area contributed by atoms with Gasteiger partial charge in [0.15, 0.2) is 0 Å². The predicted molar refractivity (Wildman–Crippen MR) is 101 cm³/mol. The molecule has 5 nitrogen and oxygen atoms in total. The molecule has 130 valence electrons. The monoisotopic (exact) mass is 336 g/mol. The van der Waals surface area contributed by atoms with Gasteiger partial charge in [0.25, 0.3) is 5.91 Å². The Hall–Kier alpha value is -2.40. The van der Waals surface area contributed by atoms with Crippen LogP contribution in [0.5, 0.6) is 0 Å². The number of para-hydroxylation sites is 2. The van der Waals surface area contributed by atoms with E-state index in [1.807, 2.05) is 37.4 Å². The fourth-order valence-corrected chi connectivity index (χ4v) is 3.84. The second kappa shape index (κ2) is 6.84. The number of anilines is 3. The summed E-state index contributed by atoms with van der Waals surface area (Å²) in [5, 5.41) is 0. The maximum absolute atomic E-state index is 12.9. The minimum atomic E-state index is -0.00223. The van der Waals surface area contributed by atoms with E-state index in [2.05, 4.69) is 20.9 Å². The molecule has 0 bridgehead atoms. The van der Waals surface area contributed by atoms with E-state index in [1.165, 1.54) is 25.9 Å². The molecule has 0 saturated carbocycles. The highest BCUT2D eigenvalue weighted by Crippen LogP contribution is 2.38. The Morgan fingerprint density at radius 2 is 1.76 bits per heavy atom. The first kappa shape index (κ1) is 16.1. The first-order valence-electron chi connectivity index (χ1n) is 9.08. The molecular formula is C20H24N4O. The zero-order valence-electron chi connectivity index (χ0n) is 14.7. The molecule has 0 N–H and O–H groups in total. The molecule has 0 unspecified atom stereocenters. The van der Waals surface area contributed by atoms with E-state index in [1.54, 1.807) is 11.1 Å². The molecule has 1 saturated heterocycles. The summed E-state index contributed by atoms with van der Waals surface area (Å²) in [6.07, 6.45) is 5.46. The highest BCUT2D eigenvalue weighted by atomic mass is 16.2. The van der Waals surface area contributed by atoms with E-state index in [9.17, 15) is 4.79 Å². The third-order valence-electron chi connectivity index (χ3n) is 5.17. The third-order valence-corrected chi connectivity index (χ3v) is 5.17. The van der Waals surface area contributed by atoms with Crippen molar-refractivity contribution in [3.05, 3.63) is 48.2 Å². The Morgan fingerprint density at radius 1 is 1.00 bits per heavy atom. The van der Waals surface area contributed by atoms with E-state index in [0.29, 0.717) is 5.56 Å². The highest BCUT2D eigenvalue weighted by Gasteiger charge is 2.29. The number of rotatable bonds is 4. The van der Waals surface area contributed by atoms with Gasteiger partial charge in [-0.1, -0.05) is 12.1 Å². The summed E-state index contributed by atoms with van der Waals surface area (Å²) in [4.78, 5) is 23.9. The summed E-state index contributed by atoms with van der Waals surface area (Å²) in [5.74, 6) is 0.767. The lowest BCUT2D eigenvalue weighted by Crippen LogP contribution is -2.26. The van der Waals surface area contributed by atoms with Gasteiger partial charge in [-0.05, 0) is 63.2 Å². The molecule has 0 spiro atoms. The standard InChI is InChI=1S/C20H24N4O/c1-22-17-9-2-3-10-18(17)24(15-7-14-23-12-4-5-13-23)19-16(20(22)25)8-6-11-21-19/h2-3,6,8-11H,4-5,7,12-15H2,1H3. The number of carbonyl (C=O) groups is 1. The van der Waals surface area contributed by atoms with Gasteiger partial charge in [-0.15, -0.1) is 0 Å². The first-order chi connectivity index (χ1) is 12.3. The van der Waals surface area contributed by atoms with E-state index < -0.39 is 0 Å². The van der Waals surface area contributed by atoms with E-state index in [4.69, 9.17) is 0 Å². The molecule has 2 aliphatic heterocycles. The van der Waals surface area contributed by atoms with Crippen molar-refractivity contribution in [3.63, 3.8) is 0 Å². The van der Waals surface area contributed by atoms with Gasteiger partial charge in [0.2, 0.25) is 0 Å². The summed E-state index contributed by atoms with van der Waals surface area (Å²) >= 11 is 0. The van der Waals surface area contributed by atoms with Crippen molar-refractivity contribution in [1.29, 1.82) is 0 Å². The number of likely N-dealkylation sites (tertiary alicyclic amines) is 1. The summed E-state index contributed by atoms with van der Waals surface area (Å²) in [6, 6.07) is 11.8. The number of fused-ring (bicyclic) bond motifs is 2. The van der Waals surface area contributed by atoms with Crippen molar-refractivity contribution in [3.8, 4) is 0 Å². The maximum Gasteiger partial charge on any atom is 0.261 e. The third kappa shape index (κ3) is 3.00. The molecule has 1 amide bonds. The normalized spacial score (nSPS) is 17.4. The molecule has 4 rings (SSSR count). The topological polar surface area (TPSA) is 39.7 Å². The molecule has 25 heavy (non-hydrogen) atoms. The molecule has 1 fully saturated rings. The van der Waals surface area contributed by atoms with Crippen molar-refractivity contribution in [2.75, 3.05) is 43.0 Å². The lowest BCUT2D eigenvalue weighted by molar-refractivity contribution is 0.0994. The zero-order chi connectivity index (χ0) is 17.2. The number of aromatic nitrogens is 1. The quantitative estimate of drug-likeness (QED) is 0.859. The smallest absolute Gasteiger partial charge is 0.261 e. The van der Waals surface area contributed by atoms with Crippen LogP contribution in [-0.2, 0) is 0 Å². The molecule has 0 aliphatic carbocycles. The predicted octanol–water partition coefficient (Wildman–Crippen LogP) is 3.30. The van der Waals surface area contributed by atoms with Crippen LogP contribution in [0.4, 0.5) is 17.2 Å². The number of hydrogen-bond acceptors (Lipinski definition) is 4. The van der Waals surface area contributed by atoms with Crippen molar-refractivity contribution in [2.45, 2.75) is 19.3 Å². The van der Waals surface area contributed by atoms with Crippen LogP contribution in [0.15, 0.2) is 42.6 Å². The van der Waals surface area contributed by atoms with Crippen molar-refractivity contribution in [2.24, 2.45) is 0 Å². The average molecular weight is 336 g/mol. The van der Waals surface area contributed by atoms with Gasteiger partial charge in [-0.3, -0.25) is 4.79 Å². The van der Waals surface area contributed by atoms with Gasteiger partial charge in [0.05, 0.1) is 16.9 Å². The summed E-state index contributed by atoms with van der Waals surface area (Å²) in [7, 11) is 1.84. The number of nitrogens with zero attached hydrogens (tertiary/aromatic N) is 4. The lowest BCUT2D eigenvalue weighted by Gasteiger charge is -2.26. The maximum atomic E-state index is 12.9. The Balaban J connectivity index is 1.67. The summed E-state index contributed by atoms with van der Waals surface area (Å²) < 4.78 is 0. The van der Waals surface area contributed by atoms with Crippen molar-refractivity contribution >= 4 is 23.1 Å².